The van der Waals surface area contributed by atoms with E-state index in [0.29, 0.717) is 23.1 Å². The van der Waals surface area contributed by atoms with Gasteiger partial charge in [0.2, 0.25) is 5.95 Å². The Morgan fingerprint density at radius 1 is 1.00 bits per heavy atom. The summed E-state index contributed by atoms with van der Waals surface area (Å²) in [4.78, 5) is 9.03. The van der Waals surface area contributed by atoms with Gasteiger partial charge in [-0.3, -0.25) is 0 Å². The zero-order chi connectivity index (χ0) is 19.2. The molecular weight excluding hydrogens is 343 g/mol. The molecule has 1 atom stereocenters. The van der Waals surface area contributed by atoms with Gasteiger partial charge in [0, 0.05) is 11.6 Å². The molecule has 0 bridgehead atoms. The van der Waals surface area contributed by atoms with Gasteiger partial charge in [0.25, 0.3) is 0 Å². The average Bonchev–Trinajstić information content (AvgIpc) is 2.68. The second kappa shape index (κ2) is 8.60. The number of nitrogens with zero attached hydrogens (tertiary/aromatic N) is 2. The number of hydrogen-bond acceptors (Lipinski definition) is 5. The van der Waals surface area contributed by atoms with Crippen molar-refractivity contribution in [3.05, 3.63) is 66.5 Å². The Bertz CT molecular complexity index is 886. The summed E-state index contributed by atoms with van der Waals surface area (Å²) in [5.41, 5.74) is 1.96. The van der Waals surface area contributed by atoms with Gasteiger partial charge in [-0.25, -0.2) is 9.37 Å². The highest BCUT2D eigenvalue weighted by atomic mass is 19.1. The van der Waals surface area contributed by atoms with E-state index in [1.54, 1.807) is 24.3 Å². The van der Waals surface area contributed by atoms with Crippen LogP contribution in [0.5, 0.6) is 0 Å². The Morgan fingerprint density at radius 3 is 2.37 bits per heavy atom. The summed E-state index contributed by atoms with van der Waals surface area (Å²) >= 11 is 0. The van der Waals surface area contributed by atoms with Crippen LogP contribution in [0.25, 0.3) is 11.3 Å². The Balaban J connectivity index is 1.99. The lowest BCUT2D eigenvalue weighted by Crippen LogP contribution is -2.30. The van der Waals surface area contributed by atoms with Gasteiger partial charge in [-0.05, 0) is 18.1 Å². The molecule has 0 radical (unpaired) electrons. The maximum atomic E-state index is 14.0. The number of benzene rings is 2. The van der Waals surface area contributed by atoms with E-state index in [4.69, 9.17) is 0 Å². The third-order valence-corrected chi connectivity index (χ3v) is 4.25. The molecule has 5 nitrogen and oxygen atoms in total. The molecule has 27 heavy (non-hydrogen) atoms. The van der Waals surface area contributed by atoms with E-state index in [2.05, 4.69) is 20.6 Å². The van der Waals surface area contributed by atoms with E-state index in [1.807, 2.05) is 44.2 Å². The standard InChI is InChI=1S/C21H23FN4O/c1-14(2)19(13-27)25-21-24-18(15-8-4-3-5-9-15)12-20(26-21)23-17-11-7-6-10-16(17)22/h3-12,14,19,27H,13H2,1-2H3,(H2,23,24,25,26)/t19-/m1/s1. The van der Waals surface area contributed by atoms with Crippen molar-refractivity contribution < 1.29 is 9.50 Å². The zero-order valence-electron chi connectivity index (χ0n) is 15.4. The van der Waals surface area contributed by atoms with Gasteiger partial charge in [0.15, 0.2) is 0 Å². The molecule has 140 valence electrons. The van der Waals surface area contributed by atoms with Crippen molar-refractivity contribution in [2.45, 2.75) is 19.9 Å². The van der Waals surface area contributed by atoms with E-state index in [9.17, 15) is 9.50 Å². The molecular formula is C21H23FN4O. The molecule has 0 aliphatic rings. The summed E-state index contributed by atoms with van der Waals surface area (Å²) in [5, 5.41) is 15.8. The van der Waals surface area contributed by atoms with Gasteiger partial charge < -0.3 is 15.7 Å². The van der Waals surface area contributed by atoms with Gasteiger partial charge in [-0.1, -0.05) is 56.3 Å². The number of nitrogens with one attached hydrogen (secondary N) is 2. The van der Waals surface area contributed by atoms with Crippen molar-refractivity contribution in [2.24, 2.45) is 5.92 Å². The topological polar surface area (TPSA) is 70.1 Å². The molecule has 3 rings (SSSR count). The fraction of sp³-hybridized carbons (Fsp3) is 0.238. The minimum atomic E-state index is -0.359. The second-order valence-corrected chi connectivity index (χ2v) is 6.61. The van der Waals surface area contributed by atoms with E-state index in [0.717, 1.165) is 5.56 Å². The van der Waals surface area contributed by atoms with Crippen molar-refractivity contribution in [1.82, 2.24) is 9.97 Å². The highest BCUT2D eigenvalue weighted by Gasteiger charge is 2.15. The van der Waals surface area contributed by atoms with Gasteiger partial charge in [0.05, 0.1) is 24.0 Å². The molecule has 1 aromatic heterocycles. The maximum absolute atomic E-state index is 14.0. The molecule has 0 amide bonds. The second-order valence-electron chi connectivity index (χ2n) is 6.61. The third kappa shape index (κ3) is 4.80. The Morgan fingerprint density at radius 2 is 1.70 bits per heavy atom. The summed E-state index contributed by atoms with van der Waals surface area (Å²) in [7, 11) is 0. The normalized spacial score (nSPS) is 12.0. The summed E-state index contributed by atoms with van der Waals surface area (Å²) in [5.74, 6) is 0.684. The zero-order valence-corrected chi connectivity index (χ0v) is 15.4. The first-order valence-corrected chi connectivity index (χ1v) is 8.90. The molecule has 3 aromatic rings. The number of hydrogen-bond donors (Lipinski definition) is 3. The van der Waals surface area contributed by atoms with Crippen LogP contribution in [0.1, 0.15) is 13.8 Å². The van der Waals surface area contributed by atoms with E-state index in [-0.39, 0.29) is 24.4 Å². The molecule has 0 saturated carbocycles. The van der Waals surface area contributed by atoms with Crippen molar-refractivity contribution >= 4 is 17.5 Å². The van der Waals surface area contributed by atoms with Crippen LogP contribution in [-0.2, 0) is 0 Å². The minimum Gasteiger partial charge on any atom is -0.394 e. The largest absolute Gasteiger partial charge is 0.394 e. The van der Waals surface area contributed by atoms with Crippen LogP contribution < -0.4 is 10.6 Å². The molecule has 0 unspecified atom stereocenters. The maximum Gasteiger partial charge on any atom is 0.225 e. The first-order chi connectivity index (χ1) is 13.1. The summed E-state index contributed by atoms with van der Waals surface area (Å²) in [6.45, 7) is 3.98. The number of aromatic nitrogens is 2. The Labute approximate surface area is 158 Å². The first-order valence-electron chi connectivity index (χ1n) is 8.90. The SMILES string of the molecule is CC(C)[C@@H](CO)Nc1nc(Nc2ccccc2F)cc(-c2ccccc2)n1. The summed E-state index contributed by atoms with van der Waals surface area (Å²) in [6, 6.07) is 17.7. The van der Waals surface area contributed by atoms with Crippen LogP contribution in [0, 0.1) is 11.7 Å². The first kappa shape index (κ1) is 18.8. The lowest BCUT2D eigenvalue weighted by Gasteiger charge is -2.20. The molecule has 0 aliphatic carbocycles. The number of para-hydroxylation sites is 1. The van der Waals surface area contributed by atoms with Gasteiger partial charge in [-0.15, -0.1) is 0 Å². The fourth-order valence-electron chi connectivity index (χ4n) is 2.62. The third-order valence-electron chi connectivity index (χ3n) is 4.25. The van der Waals surface area contributed by atoms with Crippen molar-refractivity contribution in [3.8, 4) is 11.3 Å². The predicted octanol–water partition coefficient (Wildman–Crippen LogP) is 4.46. The number of halogens is 1. The number of rotatable bonds is 7. The molecule has 0 fully saturated rings. The summed E-state index contributed by atoms with van der Waals surface area (Å²) in [6.07, 6.45) is 0. The number of aliphatic hydroxyl groups is 1. The monoisotopic (exact) mass is 366 g/mol. The molecule has 0 saturated heterocycles. The lowest BCUT2D eigenvalue weighted by molar-refractivity contribution is 0.248. The van der Waals surface area contributed by atoms with E-state index < -0.39 is 0 Å². The molecule has 3 N–H and O–H groups in total. The predicted molar refractivity (Wildman–Crippen MR) is 106 cm³/mol. The van der Waals surface area contributed by atoms with Gasteiger partial charge >= 0.3 is 0 Å². The average molecular weight is 366 g/mol. The highest BCUT2D eigenvalue weighted by Crippen LogP contribution is 2.25. The van der Waals surface area contributed by atoms with E-state index >= 15 is 0 Å². The van der Waals surface area contributed by atoms with Crippen LogP contribution in [0.15, 0.2) is 60.7 Å². The van der Waals surface area contributed by atoms with E-state index in [1.165, 1.54) is 6.07 Å². The van der Waals surface area contributed by atoms with Crippen molar-refractivity contribution in [2.75, 3.05) is 17.2 Å². The van der Waals surface area contributed by atoms with Crippen LogP contribution in [0.3, 0.4) is 0 Å². The summed E-state index contributed by atoms with van der Waals surface area (Å²) < 4.78 is 14.0. The molecule has 1 heterocycles. The van der Waals surface area contributed by atoms with Crippen LogP contribution in [-0.4, -0.2) is 27.7 Å². The minimum absolute atomic E-state index is 0.0351. The smallest absolute Gasteiger partial charge is 0.225 e. The van der Waals surface area contributed by atoms with Gasteiger partial charge in [-0.2, -0.15) is 4.98 Å². The van der Waals surface area contributed by atoms with Crippen LogP contribution in [0.4, 0.5) is 21.8 Å². The fourth-order valence-corrected chi connectivity index (χ4v) is 2.62. The number of anilines is 3. The molecule has 0 aliphatic heterocycles. The number of aliphatic hydroxyl groups excluding tert-OH is 1. The molecule has 6 heteroatoms. The van der Waals surface area contributed by atoms with Crippen molar-refractivity contribution in [3.63, 3.8) is 0 Å². The molecule has 2 aromatic carbocycles. The van der Waals surface area contributed by atoms with Gasteiger partial charge in [0.1, 0.15) is 11.6 Å². The quantitative estimate of drug-likeness (QED) is 0.576. The van der Waals surface area contributed by atoms with Crippen LogP contribution in [0.2, 0.25) is 0 Å². The highest BCUT2D eigenvalue weighted by molar-refractivity contribution is 5.67. The lowest BCUT2D eigenvalue weighted by atomic mass is 10.1. The molecule has 0 spiro atoms. The Kier molecular flexibility index (Phi) is 5.98. The Hall–Kier alpha value is -2.99. The van der Waals surface area contributed by atoms with Crippen molar-refractivity contribution in [1.29, 1.82) is 0 Å². The van der Waals surface area contributed by atoms with Crippen LogP contribution >= 0.6 is 0 Å².